The molecule has 3 rings (SSSR count). The van der Waals surface area contributed by atoms with Crippen LogP contribution in [0, 0.1) is 0 Å². The van der Waals surface area contributed by atoms with Crippen LogP contribution >= 0.6 is 24.0 Å². The van der Waals surface area contributed by atoms with Gasteiger partial charge in [-0.15, -0.1) is 24.0 Å². The van der Waals surface area contributed by atoms with Gasteiger partial charge in [-0.1, -0.05) is 24.3 Å². The predicted octanol–water partition coefficient (Wildman–Crippen LogP) is 2.71. The van der Waals surface area contributed by atoms with Crippen LogP contribution in [0.5, 0.6) is 0 Å². The summed E-state index contributed by atoms with van der Waals surface area (Å²) in [5, 5.41) is 3.45. The second kappa shape index (κ2) is 11.9. The minimum Gasteiger partial charge on any atom is -0.375 e. The molecule has 7 heteroatoms. The van der Waals surface area contributed by atoms with Crippen LogP contribution in [-0.4, -0.2) is 74.9 Å². The quantitative estimate of drug-likeness (QED) is 0.369. The molecule has 2 atom stereocenters. The highest BCUT2D eigenvalue weighted by atomic mass is 127. The van der Waals surface area contributed by atoms with Crippen molar-refractivity contribution < 1.29 is 9.47 Å². The van der Waals surface area contributed by atoms with Crippen molar-refractivity contribution in [1.82, 2.24) is 15.1 Å². The van der Waals surface area contributed by atoms with E-state index in [9.17, 15) is 0 Å². The lowest BCUT2D eigenvalue weighted by Gasteiger charge is -2.37. The Kier molecular flexibility index (Phi) is 9.98. The summed E-state index contributed by atoms with van der Waals surface area (Å²) in [5.74, 6) is 0.974. The summed E-state index contributed by atoms with van der Waals surface area (Å²) in [5.41, 5.74) is 2.57. The molecule has 2 fully saturated rings. The highest BCUT2D eigenvalue weighted by Crippen LogP contribution is 2.21. The van der Waals surface area contributed by atoms with Gasteiger partial charge in [-0.25, -0.2) is 4.99 Å². The molecule has 2 aliphatic rings. The lowest BCUT2D eigenvalue weighted by atomic mass is 10.1. The fourth-order valence-corrected chi connectivity index (χ4v) is 3.77. The third kappa shape index (κ3) is 6.86. The van der Waals surface area contributed by atoms with E-state index in [1.54, 1.807) is 0 Å². The number of nitrogens with zero attached hydrogens (tertiary/aromatic N) is 3. The number of rotatable bonds is 6. The van der Waals surface area contributed by atoms with Crippen molar-refractivity contribution in [2.45, 2.75) is 45.1 Å². The molecule has 2 aliphatic heterocycles. The lowest BCUT2D eigenvalue weighted by Crippen LogP contribution is -2.53. The molecule has 2 heterocycles. The topological polar surface area (TPSA) is 49.3 Å². The molecule has 0 spiro atoms. The second-order valence-corrected chi connectivity index (χ2v) is 7.63. The van der Waals surface area contributed by atoms with Gasteiger partial charge >= 0.3 is 0 Å². The van der Waals surface area contributed by atoms with Gasteiger partial charge in [0.1, 0.15) is 6.10 Å². The van der Waals surface area contributed by atoms with Crippen molar-refractivity contribution in [2.24, 2.45) is 4.99 Å². The van der Waals surface area contributed by atoms with Crippen molar-refractivity contribution in [3.05, 3.63) is 35.4 Å². The molecule has 1 aromatic rings. The molecule has 2 saturated heterocycles. The Labute approximate surface area is 186 Å². The van der Waals surface area contributed by atoms with E-state index in [1.807, 2.05) is 0 Å². The van der Waals surface area contributed by atoms with E-state index in [0.717, 1.165) is 58.2 Å². The van der Waals surface area contributed by atoms with Crippen LogP contribution in [0.25, 0.3) is 0 Å². The van der Waals surface area contributed by atoms with Crippen LogP contribution in [0.1, 0.15) is 30.9 Å². The van der Waals surface area contributed by atoms with E-state index < -0.39 is 0 Å². The van der Waals surface area contributed by atoms with Gasteiger partial charge in [0.2, 0.25) is 0 Å². The van der Waals surface area contributed by atoms with Crippen LogP contribution in [0.2, 0.25) is 0 Å². The molecule has 0 saturated carbocycles. The Bertz CT molecular complexity index is 620. The minimum absolute atomic E-state index is 0. The monoisotopic (exact) mass is 502 g/mol. The zero-order chi connectivity index (χ0) is 19.1. The first-order chi connectivity index (χ1) is 13.2. The van der Waals surface area contributed by atoms with Crippen LogP contribution < -0.4 is 5.32 Å². The zero-order valence-corrected chi connectivity index (χ0v) is 19.7. The van der Waals surface area contributed by atoms with E-state index in [1.165, 1.54) is 11.1 Å². The first-order valence-electron chi connectivity index (χ1n) is 10.1. The Balaban J connectivity index is 0.00000280. The van der Waals surface area contributed by atoms with Crippen molar-refractivity contribution >= 4 is 29.9 Å². The minimum atomic E-state index is 0. The van der Waals surface area contributed by atoms with Crippen LogP contribution in [0.3, 0.4) is 0 Å². The fourth-order valence-electron chi connectivity index (χ4n) is 3.77. The number of hydrogen-bond acceptors (Lipinski definition) is 4. The number of benzene rings is 1. The molecule has 28 heavy (non-hydrogen) atoms. The molecule has 6 nitrogen and oxygen atoms in total. The van der Waals surface area contributed by atoms with Gasteiger partial charge in [0.15, 0.2) is 5.96 Å². The maximum absolute atomic E-state index is 5.98. The number of guanidine groups is 1. The van der Waals surface area contributed by atoms with E-state index in [4.69, 9.17) is 14.5 Å². The Morgan fingerprint density at radius 3 is 2.71 bits per heavy atom. The molecular formula is C21H35IN4O2. The average Bonchev–Trinajstić information content (AvgIpc) is 3.20. The molecule has 0 aliphatic carbocycles. The second-order valence-electron chi connectivity index (χ2n) is 7.63. The third-order valence-corrected chi connectivity index (χ3v) is 5.01. The summed E-state index contributed by atoms with van der Waals surface area (Å²) >= 11 is 0. The molecule has 158 valence electrons. The first kappa shape index (κ1) is 23.4. The van der Waals surface area contributed by atoms with Crippen molar-refractivity contribution in [3.63, 3.8) is 0 Å². The van der Waals surface area contributed by atoms with E-state index in [2.05, 4.69) is 60.4 Å². The maximum atomic E-state index is 5.98. The third-order valence-electron chi connectivity index (χ3n) is 5.01. The summed E-state index contributed by atoms with van der Waals surface area (Å²) in [4.78, 5) is 9.42. The van der Waals surface area contributed by atoms with Crippen molar-refractivity contribution in [2.75, 3.05) is 46.9 Å². The first-order valence-corrected chi connectivity index (χ1v) is 10.1. The number of hydrogen-bond donors (Lipinski definition) is 1. The fraction of sp³-hybridized carbons (Fsp3) is 0.667. The van der Waals surface area contributed by atoms with E-state index in [0.29, 0.717) is 6.54 Å². The van der Waals surface area contributed by atoms with Gasteiger partial charge < -0.3 is 24.6 Å². The van der Waals surface area contributed by atoms with Gasteiger partial charge in [0, 0.05) is 32.8 Å². The number of aliphatic imine (C=N–C) groups is 1. The lowest BCUT2D eigenvalue weighted by molar-refractivity contribution is -0.0817. The Hall–Kier alpha value is -0.900. The Morgan fingerprint density at radius 2 is 2.00 bits per heavy atom. The normalized spacial score (nSPS) is 23.0. The number of nitrogens with one attached hydrogen (secondary N) is 1. The summed E-state index contributed by atoms with van der Waals surface area (Å²) in [6, 6.07) is 8.70. The summed E-state index contributed by atoms with van der Waals surface area (Å²) < 4.78 is 11.8. The molecule has 0 aromatic heterocycles. The van der Waals surface area contributed by atoms with Crippen molar-refractivity contribution in [3.8, 4) is 0 Å². The Morgan fingerprint density at radius 1 is 1.21 bits per heavy atom. The average molecular weight is 502 g/mol. The highest BCUT2D eigenvalue weighted by Gasteiger charge is 2.32. The van der Waals surface area contributed by atoms with E-state index in [-0.39, 0.29) is 36.2 Å². The predicted molar refractivity (Wildman–Crippen MR) is 124 cm³/mol. The smallest absolute Gasteiger partial charge is 0.194 e. The SMILES string of the molecule is CCNC(=NCc1cccc(CN(C)C)c1)N1CCOC(C2CCCO2)C1.I. The summed E-state index contributed by atoms with van der Waals surface area (Å²) in [6.45, 7) is 7.92. The zero-order valence-electron chi connectivity index (χ0n) is 17.4. The van der Waals surface area contributed by atoms with Crippen molar-refractivity contribution in [1.29, 1.82) is 0 Å². The van der Waals surface area contributed by atoms with Crippen LogP contribution in [0.4, 0.5) is 0 Å². The summed E-state index contributed by atoms with van der Waals surface area (Å²) in [7, 11) is 4.19. The molecule has 0 bridgehead atoms. The van der Waals surface area contributed by atoms with Gasteiger partial charge in [-0.3, -0.25) is 0 Å². The molecular weight excluding hydrogens is 467 g/mol. The largest absolute Gasteiger partial charge is 0.375 e. The van der Waals surface area contributed by atoms with Gasteiger partial charge in [-0.05, 0) is 45.0 Å². The molecule has 0 amide bonds. The van der Waals surface area contributed by atoms with Gasteiger partial charge in [0.25, 0.3) is 0 Å². The highest BCUT2D eigenvalue weighted by molar-refractivity contribution is 14.0. The number of halogens is 1. The standard InChI is InChI=1S/C21H34N4O2.HI/c1-4-22-21(23-14-17-7-5-8-18(13-17)15-24(2)3)25-10-12-27-20(16-25)19-9-6-11-26-19;/h5,7-8,13,19-20H,4,6,9-12,14-16H2,1-3H3,(H,22,23);1H. The molecule has 2 unspecified atom stereocenters. The molecule has 1 N–H and O–H groups in total. The molecule has 0 radical (unpaired) electrons. The van der Waals surface area contributed by atoms with Crippen LogP contribution in [0.15, 0.2) is 29.3 Å². The number of ether oxygens (including phenoxy) is 2. The van der Waals surface area contributed by atoms with Gasteiger partial charge in [0.05, 0.1) is 19.3 Å². The maximum Gasteiger partial charge on any atom is 0.194 e. The van der Waals surface area contributed by atoms with E-state index >= 15 is 0 Å². The summed E-state index contributed by atoms with van der Waals surface area (Å²) in [6.07, 6.45) is 2.62. The molecule has 1 aromatic carbocycles. The van der Waals surface area contributed by atoms with Gasteiger partial charge in [-0.2, -0.15) is 0 Å². The van der Waals surface area contributed by atoms with Crippen LogP contribution in [-0.2, 0) is 22.6 Å². The number of morpholine rings is 1.